The first-order valence-corrected chi connectivity index (χ1v) is 6.06. The summed E-state index contributed by atoms with van der Waals surface area (Å²) in [5, 5.41) is 11.6. The zero-order valence-corrected chi connectivity index (χ0v) is 10.1. The van der Waals surface area contributed by atoms with Gasteiger partial charge in [0.1, 0.15) is 0 Å². The maximum Gasteiger partial charge on any atom is 0.335 e. The Morgan fingerprint density at radius 2 is 1.89 bits per heavy atom. The molecule has 18 heavy (non-hydrogen) atoms. The number of carbonyl (C=O) groups is 2. The minimum absolute atomic E-state index is 0.155. The van der Waals surface area contributed by atoms with E-state index in [1.165, 1.54) is 12.1 Å². The SMILES string of the molecule is O=C(O)c1cccc(NC(=O)N2CCCCC2)c1. The fourth-order valence-electron chi connectivity index (χ4n) is 2.03. The zero-order chi connectivity index (χ0) is 13.0. The van der Waals surface area contributed by atoms with Crippen LogP contribution in [0.4, 0.5) is 10.5 Å². The molecule has 1 heterocycles. The molecule has 0 spiro atoms. The predicted octanol–water partition coefficient (Wildman–Crippen LogP) is 2.40. The van der Waals surface area contributed by atoms with Gasteiger partial charge in [-0.15, -0.1) is 0 Å². The Morgan fingerprint density at radius 1 is 1.17 bits per heavy atom. The molecule has 0 radical (unpaired) electrons. The number of amides is 2. The van der Waals surface area contributed by atoms with Crippen molar-refractivity contribution in [1.82, 2.24) is 4.90 Å². The van der Waals surface area contributed by atoms with Crippen LogP contribution in [0.1, 0.15) is 29.6 Å². The molecule has 1 fully saturated rings. The standard InChI is InChI=1S/C13H16N2O3/c16-12(17)10-5-4-6-11(9-10)14-13(18)15-7-2-1-3-8-15/h4-6,9H,1-3,7-8H2,(H,14,18)(H,16,17). The third-order valence-corrected chi connectivity index (χ3v) is 3.00. The summed E-state index contributed by atoms with van der Waals surface area (Å²) >= 11 is 0. The Hall–Kier alpha value is -2.04. The van der Waals surface area contributed by atoms with Crippen LogP contribution in [-0.4, -0.2) is 35.1 Å². The summed E-state index contributed by atoms with van der Waals surface area (Å²) < 4.78 is 0. The first-order valence-electron chi connectivity index (χ1n) is 6.06. The Bertz CT molecular complexity index is 453. The molecule has 96 valence electrons. The molecule has 0 bridgehead atoms. The average molecular weight is 248 g/mol. The number of urea groups is 1. The third kappa shape index (κ3) is 3.00. The van der Waals surface area contributed by atoms with Gasteiger partial charge >= 0.3 is 12.0 Å². The minimum Gasteiger partial charge on any atom is -0.478 e. The van der Waals surface area contributed by atoms with E-state index >= 15 is 0 Å². The van der Waals surface area contributed by atoms with Crippen molar-refractivity contribution in [2.24, 2.45) is 0 Å². The van der Waals surface area contributed by atoms with E-state index in [4.69, 9.17) is 5.11 Å². The highest BCUT2D eigenvalue weighted by atomic mass is 16.4. The van der Waals surface area contributed by atoms with Crippen LogP contribution in [0.2, 0.25) is 0 Å². The molecule has 2 N–H and O–H groups in total. The molecule has 1 aliphatic heterocycles. The van der Waals surface area contributed by atoms with Gasteiger partial charge in [-0.1, -0.05) is 6.07 Å². The highest BCUT2D eigenvalue weighted by molar-refractivity contribution is 5.93. The third-order valence-electron chi connectivity index (χ3n) is 3.00. The number of carboxylic acid groups (broad SMARTS) is 1. The molecule has 5 nitrogen and oxygen atoms in total. The van der Waals surface area contributed by atoms with Crippen molar-refractivity contribution >= 4 is 17.7 Å². The second-order valence-electron chi connectivity index (χ2n) is 4.36. The van der Waals surface area contributed by atoms with E-state index < -0.39 is 5.97 Å². The van der Waals surface area contributed by atoms with Crippen LogP contribution in [0.5, 0.6) is 0 Å². The average Bonchev–Trinajstić information content (AvgIpc) is 2.40. The molecule has 1 saturated heterocycles. The second kappa shape index (κ2) is 5.53. The van der Waals surface area contributed by atoms with E-state index in [1.807, 2.05) is 0 Å². The molecule has 0 atom stereocenters. The normalized spacial score (nSPS) is 15.2. The van der Waals surface area contributed by atoms with Gasteiger partial charge in [0.25, 0.3) is 0 Å². The highest BCUT2D eigenvalue weighted by Crippen LogP contribution is 2.14. The number of nitrogens with one attached hydrogen (secondary N) is 1. The van der Waals surface area contributed by atoms with Gasteiger partial charge in [-0.05, 0) is 37.5 Å². The molecule has 1 aromatic carbocycles. The number of piperidine rings is 1. The van der Waals surface area contributed by atoms with Crippen molar-refractivity contribution < 1.29 is 14.7 Å². The molecular formula is C13H16N2O3. The summed E-state index contributed by atoms with van der Waals surface area (Å²) in [6.45, 7) is 1.54. The fourth-order valence-corrected chi connectivity index (χ4v) is 2.03. The van der Waals surface area contributed by atoms with Crippen LogP contribution in [0.3, 0.4) is 0 Å². The van der Waals surface area contributed by atoms with E-state index in [0.29, 0.717) is 5.69 Å². The summed E-state index contributed by atoms with van der Waals surface area (Å²) in [4.78, 5) is 24.5. The van der Waals surface area contributed by atoms with Gasteiger partial charge in [-0.2, -0.15) is 0 Å². The van der Waals surface area contributed by atoms with Crippen molar-refractivity contribution in [1.29, 1.82) is 0 Å². The lowest BCUT2D eigenvalue weighted by Gasteiger charge is -2.26. The van der Waals surface area contributed by atoms with E-state index in [-0.39, 0.29) is 11.6 Å². The van der Waals surface area contributed by atoms with Crippen LogP contribution in [0, 0.1) is 0 Å². The monoisotopic (exact) mass is 248 g/mol. The van der Waals surface area contributed by atoms with Crippen molar-refractivity contribution in [3.05, 3.63) is 29.8 Å². The number of aromatic carboxylic acids is 1. The molecule has 2 amide bonds. The van der Waals surface area contributed by atoms with E-state index in [0.717, 1.165) is 32.4 Å². The van der Waals surface area contributed by atoms with Crippen molar-refractivity contribution in [2.75, 3.05) is 18.4 Å². The zero-order valence-electron chi connectivity index (χ0n) is 10.1. The fraction of sp³-hybridized carbons (Fsp3) is 0.385. The van der Waals surface area contributed by atoms with E-state index in [1.54, 1.807) is 17.0 Å². The number of rotatable bonds is 2. The van der Waals surface area contributed by atoms with E-state index in [9.17, 15) is 9.59 Å². The van der Waals surface area contributed by atoms with Crippen LogP contribution >= 0.6 is 0 Å². The quantitative estimate of drug-likeness (QED) is 0.844. The summed E-state index contributed by atoms with van der Waals surface area (Å²) in [6, 6.07) is 6.12. The molecule has 1 aliphatic rings. The Morgan fingerprint density at radius 3 is 2.56 bits per heavy atom. The van der Waals surface area contributed by atoms with Gasteiger partial charge in [-0.25, -0.2) is 9.59 Å². The first-order chi connectivity index (χ1) is 8.66. The van der Waals surface area contributed by atoms with Gasteiger partial charge in [0.2, 0.25) is 0 Å². The lowest BCUT2D eigenvalue weighted by atomic mass is 10.1. The highest BCUT2D eigenvalue weighted by Gasteiger charge is 2.16. The number of benzene rings is 1. The Kier molecular flexibility index (Phi) is 3.82. The van der Waals surface area contributed by atoms with Gasteiger partial charge in [0.05, 0.1) is 5.56 Å². The van der Waals surface area contributed by atoms with Crippen molar-refractivity contribution in [3.8, 4) is 0 Å². The summed E-state index contributed by atoms with van der Waals surface area (Å²) in [5.41, 5.74) is 0.692. The number of carbonyl (C=O) groups excluding carboxylic acids is 1. The topological polar surface area (TPSA) is 69.6 Å². The number of hydrogen-bond acceptors (Lipinski definition) is 2. The van der Waals surface area contributed by atoms with Gasteiger partial charge < -0.3 is 15.3 Å². The molecular weight excluding hydrogens is 232 g/mol. The second-order valence-corrected chi connectivity index (χ2v) is 4.36. The van der Waals surface area contributed by atoms with Crippen LogP contribution in [0.15, 0.2) is 24.3 Å². The molecule has 2 rings (SSSR count). The minimum atomic E-state index is -0.996. The maximum atomic E-state index is 11.9. The molecule has 0 saturated carbocycles. The summed E-state index contributed by atoms with van der Waals surface area (Å²) in [5.74, 6) is -0.996. The molecule has 0 unspecified atom stereocenters. The number of likely N-dealkylation sites (tertiary alicyclic amines) is 1. The number of hydrogen-bond donors (Lipinski definition) is 2. The first kappa shape index (κ1) is 12.4. The van der Waals surface area contributed by atoms with Crippen LogP contribution in [0.25, 0.3) is 0 Å². The predicted molar refractivity (Wildman–Crippen MR) is 67.8 cm³/mol. The number of carboxylic acids is 1. The maximum absolute atomic E-state index is 11.9. The smallest absolute Gasteiger partial charge is 0.335 e. The lowest BCUT2D eigenvalue weighted by molar-refractivity contribution is 0.0697. The molecule has 0 aromatic heterocycles. The Labute approximate surface area is 105 Å². The Balaban J connectivity index is 2.02. The van der Waals surface area contributed by atoms with Crippen LogP contribution < -0.4 is 5.32 Å². The van der Waals surface area contributed by atoms with Crippen molar-refractivity contribution in [2.45, 2.75) is 19.3 Å². The molecule has 5 heteroatoms. The number of anilines is 1. The van der Waals surface area contributed by atoms with E-state index in [2.05, 4.69) is 5.32 Å². The van der Waals surface area contributed by atoms with Crippen molar-refractivity contribution in [3.63, 3.8) is 0 Å². The summed E-state index contributed by atoms with van der Waals surface area (Å²) in [6.07, 6.45) is 3.23. The molecule has 0 aliphatic carbocycles. The van der Waals surface area contributed by atoms with Gasteiger partial charge in [0.15, 0.2) is 0 Å². The lowest BCUT2D eigenvalue weighted by Crippen LogP contribution is -2.38. The largest absolute Gasteiger partial charge is 0.478 e. The number of nitrogens with zero attached hydrogens (tertiary/aromatic N) is 1. The van der Waals surface area contributed by atoms with Gasteiger partial charge in [0, 0.05) is 18.8 Å². The molecule has 1 aromatic rings. The van der Waals surface area contributed by atoms with Crippen LogP contribution in [-0.2, 0) is 0 Å². The summed E-state index contributed by atoms with van der Waals surface area (Å²) in [7, 11) is 0. The van der Waals surface area contributed by atoms with Gasteiger partial charge in [-0.3, -0.25) is 0 Å².